The number of carbonyl (C=O) groups is 2. The lowest BCUT2D eigenvalue weighted by atomic mass is 10.1. The summed E-state index contributed by atoms with van der Waals surface area (Å²) in [5.74, 6) is 0.330. The second-order valence-corrected chi connectivity index (χ2v) is 5.76. The summed E-state index contributed by atoms with van der Waals surface area (Å²) in [6.07, 6.45) is 1.66. The van der Waals surface area contributed by atoms with Crippen LogP contribution >= 0.6 is 11.6 Å². The summed E-state index contributed by atoms with van der Waals surface area (Å²) in [6.45, 7) is 1.91. The highest BCUT2D eigenvalue weighted by molar-refractivity contribution is 6.31. The number of amides is 3. The van der Waals surface area contributed by atoms with E-state index in [9.17, 15) is 9.59 Å². The highest BCUT2D eigenvalue weighted by Gasteiger charge is 2.34. The van der Waals surface area contributed by atoms with Crippen LogP contribution in [0, 0.1) is 6.92 Å². The van der Waals surface area contributed by atoms with Gasteiger partial charge in [-0.3, -0.25) is 4.79 Å². The molecule has 1 heterocycles. The van der Waals surface area contributed by atoms with Crippen molar-refractivity contribution in [1.29, 1.82) is 0 Å². The van der Waals surface area contributed by atoms with Gasteiger partial charge >= 0.3 is 6.03 Å². The Bertz CT molecular complexity index is 844. The van der Waals surface area contributed by atoms with E-state index in [0.29, 0.717) is 10.7 Å². The van der Waals surface area contributed by atoms with Gasteiger partial charge in [0.2, 0.25) is 0 Å². The van der Waals surface area contributed by atoms with Gasteiger partial charge in [-0.15, -0.1) is 0 Å². The monoisotopic (exact) mass is 342 g/mol. The summed E-state index contributed by atoms with van der Waals surface area (Å²) < 4.78 is 5.17. The zero-order valence-electron chi connectivity index (χ0n) is 13.2. The Morgan fingerprint density at radius 3 is 2.46 bits per heavy atom. The van der Waals surface area contributed by atoms with Crippen molar-refractivity contribution < 1.29 is 14.3 Å². The molecule has 0 unspecified atom stereocenters. The Balaban J connectivity index is 1.92. The fourth-order valence-electron chi connectivity index (χ4n) is 2.45. The lowest BCUT2D eigenvalue weighted by molar-refractivity contribution is -0.113. The van der Waals surface area contributed by atoms with Crippen molar-refractivity contribution in [2.45, 2.75) is 6.92 Å². The van der Waals surface area contributed by atoms with E-state index >= 15 is 0 Å². The molecule has 1 N–H and O–H groups in total. The first-order valence-electron chi connectivity index (χ1n) is 7.27. The molecule has 1 aliphatic heterocycles. The van der Waals surface area contributed by atoms with Crippen LogP contribution in [0.25, 0.3) is 6.08 Å². The molecule has 6 heteroatoms. The molecule has 2 aromatic rings. The number of rotatable bonds is 3. The first-order chi connectivity index (χ1) is 11.5. The zero-order chi connectivity index (χ0) is 17.3. The molecule has 3 amide bonds. The minimum atomic E-state index is -0.486. The number of urea groups is 1. The van der Waals surface area contributed by atoms with E-state index in [0.717, 1.165) is 21.8 Å². The lowest BCUT2D eigenvalue weighted by Gasteiger charge is -2.11. The number of anilines is 1. The molecule has 0 radical (unpaired) electrons. The molecular weight excluding hydrogens is 328 g/mol. The molecule has 0 atom stereocenters. The van der Waals surface area contributed by atoms with Crippen LogP contribution in [0.3, 0.4) is 0 Å². The van der Waals surface area contributed by atoms with E-state index < -0.39 is 11.9 Å². The highest BCUT2D eigenvalue weighted by atomic mass is 35.5. The summed E-state index contributed by atoms with van der Waals surface area (Å²) in [5.41, 5.74) is 2.46. The number of ether oxygens (including phenoxy) is 1. The van der Waals surface area contributed by atoms with Crippen LogP contribution in [-0.2, 0) is 4.79 Å². The first kappa shape index (κ1) is 16.1. The number of nitrogens with one attached hydrogen (secondary N) is 1. The van der Waals surface area contributed by atoms with Crippen LogP contribution in [-0.4, -0.2) is 19.0 Å². The van der Waals surface area contributed by atoms with Crippen molar-refractivity contribution >= 4 is 35.3 Å². The summed E-state index contributed by atoms with van der Waals surface area (Å²) in [4.78, 5) is 25.8. The minimum Gasteiger partial charge on any atom is -0.497 e. The Morgan fingerprint density at radius 1 is 1.12 bits per heavy atom. The Hall–Kier alpha value is -2.79. The van der Waals surface area contributed by atoms with Gasteiger partial charge in [0.1, 0.15) is 11.4 Å². The number of methoxy groups -OCH3 is 1. The van der Waals surface area contributed by atoms with Crippen LogP contribution < -0.4 is 15.0 Å². The number of benzene rings is 2. The van der Waals surface area contributed by atoms with Gasteiger partial charge in [-0.05, 0) is 60.5 Å². The van der Waals surface area contributed by atoms with Gasteiger partial charge in [-0.25, -0.2) is 9.69 Å². The second-order valence-electron chi connectivity index (χ2n) is 5.33. The molecule has 1 aliphatic rings. The molecule has 2 aromatic carbocycles. The predicted molar refractivity (Wildman–Crippen MR) is 93.2 cm³/mol. The topological polar surface area (TPSA) is 58.6 Å². The second kappa shape index (κ2) is 6.37. The average molecular weight is 343 g/mol. The number of carbonyl (C=O) groups excluding carboxylic acids is 2. The maximum Gasteiger partial charge on any atom is 0.333 e. The third-order valence-corrected chi connectivity index (χ3v) is 3.99. The van der Waals surface area contributed by atoms with Crippen LogP contribution in [0.4, 0.5) is 10.5 Å². The maximum absolute atomic E-state index is 12.6. The summed E-state index contributed by atoms with van der Waals surface area (Å²) in [5, 5.41) is 3.14. The van der Waals surface area contributed by atoms with Gasteiger partial charge in [0.05, 0.1) is 12.8 Å². The van der Waals surface area contributed by atoms with Gasteiger partial charge in [0, 0.05) is 5.02 Å². The number of imide groups is 1. The molecule has 1 fully saturated rings. The number of hydrogen-bond donors (Lipinski definition) is 1. The number of aryl methyl sites for hydroxylation is 1. The van der Waals surface area contributed by atoms with Crippen LogP contribution in [0.5, 0.6) is 5.75 Å². The summed E-state index contributed by atoms with van der Waals surface area (Å²) in [7, 11) is 1.59. The third kappa shape index (κ3) is 2.98. The SMILES string of the molecule is COc1ccc(/C=C2/NC(=O)N(c3ccc(Cl)cc3)C2=O)c(C)c1. The van der Waals surface area contributed by atoms with E-state index in [-0.39, 0.29) is 5.70 Å². The van der Waals surface area contributed by atoms with E-state index in [1.54, 1.807) is 43.5 Å². The third-order valence-electron chi connectivity index (χ3n) is 3.74. The molecule has 0 spiro atoms. The summed E-state index contributed by atoms with van der Waals surface area (Å²) in [6, 6.07) is 11.5. The van der Waals surface area contributed by atoms with Crippen LogP contribution in [0.15, 0.2) is 48.2 Å². The predicted octanol–water partition coefficient (Wildman–Crippen LogP) is 3.75. The normalized spacial score (nSPS) is 15.8. The van der Waals surface area contributed by atoms with Crippen molar-refractivity contribution in [3.63, 3.8) is 0 Å². The van der Waals surface area contributed by atoms with E-state index in [2.05, 4.69) is 5.32 Å². The Kier molecular flexibility index (Phi) is 4.27. The fourth-order valence-corrected chi connectivity index (χ4v) is 2.58. The standard InChI is InChI=1S/C18H15ClN2O3/c1-11-9-15(24-2)8-3-12(11)10-16-17(22)21(18(23)20-16)14-6-4-13(19)5-7-14/h3-10H,1-2H3,(H,20,23)/b16-10+. The van der Waals surface area contributed by atoms with Crippen molar-refractivity contribution in [3.8, 4) is 5.75 Å². The van der Waals surface area contributed by atoms with Gasteiger partial charge in [-0.2, -0.15) is 0 Å². The molecule has 122 valence electrons. The number of hydrogen-bond acceptors (Lipinski definition) is 3. The van der Waals surface area contributed by atoms with Gasteiger partial charge in [0.15, 0.2) is 0 Å². The molecule has 3 rings (SSSR count). The maximum atomic E-state index is 12.6. The molecule has 1 saturated heterocycles. The van der Waals surface area contributed by atoms with Crippen molar-refractivity contribution in [2.24, 2.45) is 0 Å². The summed E-state index contributed by atoms with van der Waals surface area (Å²) >= 11 is 5.84. The van der Waals surface area contributed by atoms with Crippen LogP contribution in [0.1, 0.15) is 11.1 Å². The van der Waals surface area contributed by atoms with Gasteiger partial charge in [-0.1, -0.05) is 17.7 Å². The molecule has 0 aliphatic carbocycles. The van der Waals surface area contributed by atoms with Crippen molar-refractivity contribution in [2.75, 3.05) is 12.0 Å². The molecule has 0 bridgehead atoms. The van der Waals surface area contributed by atoms with Crippen molar-refractivity contribution in [3.05, 3.63) is 64.3 Å². The number of nitrogens with zero attached hydrogens (tertiary/aromatic N) is 1. The molecule has 24 heavy (non-hydrogen) atoms. The number of halogens is 1. The molecule has 5 nitrogen and oxygen atoms in total. The largest absolute Gasteiger partial charge is 0.497 e. The lowest BCUT2D eigenvalue weighted by Crippen LogP contribution is -2.30. The van der Waals surface area contributed by atoms with Gasteiger partial charge < -0.3 is 10.1 Å². The average Bonchev–Trinajstić information content (AvgIpc) is 2.84. The molecule has 0 saturated carbocycles. The molecular formula is C18H15ClN2O3. The highest BCUT2D eigenvalue weighted by Crippen LogP contribution is 2.25. The smallest absolute Gasteiger partial charge is 0.333 e. The van der Waals surface area contributed by atoms with Crippen LogP contribution in [0.2, 0.25) is 5.02 Å². The fraction of sp³-hybridized carbons (Fsp3) is 0.111. The quantitative estimate of drug-likeness (QED) is 0.682. The first-order valence-corrected chi connectivity index (χ1v) is 7.65. The van der Waals surface area contributed by atoms with Crippen molar-refractivity contribution in [1.82, 2.24) is 5.32 Å². The Morgan fingerprint density at radius 2 is 1.83 bits per heavy atom. The zero-order valence-corrected chi connectivity index (χ0v) is 13.9. The van der Waals surface area contributed by atoms with E-state index in [4.69, 9.17) is 16.3 Å². The van der Waals surface area contributed by atoms with E-state index in [1.807, 2.05) is 19.1 Å². The Labute approximate surface area is 144 Å². The van der Waals surface area contributed by atoms with Gasteiger partial charge in [0.25, 0.3) is 5.91 Å². The minimum absolute atomic E-state index is 0.225. The molecule has 0 aromatic heterocycles. The van der Waals surface area contributed by atoms with E-state index in [1.165, 1.54) is 0 Å².